The molecule has 4 heterocycles. The van der Waals surface area contributed by atoms with E-state index in [1.807, 2.05) is 24.0 Å². The fourth-order valence-corrected chi connectivity index (χ4v) is 5.54. The van der Waals surface area contributed by atoms with Crippen LogP contribution in [0.4, 0.5) is 0 Å². The monoisotopic (exact) mass is 384 g/mol. The molecular weight excluding hydrogens is 356 g/mol. The van der Waals surface area contributed by atoms with E-state index in [1.165, 1.54) is 27.7 Å². The third kappa shape index (κ3) is 3.09. The summed E-state index contributed by atoms with van der Waals surface area (Å²) >= 11 is 1.89. The van der Waals surface area contributed by atoms with E-state index >= 15 is 0 Å². The molecule has 2 aromatic rings. The van der Waals surface area contributed by atoms with Gasteiger partial charge >= 0.3 is 0 Å². The number of aromatic nitrogens is 2. The first kappa shape index (κ1) is 18.6. The van der Waals surface area contributed by atoms with Gasteiger partial charge in [0.05, 0.1) is 18.3 Å². The van der Waals surface area contributed by atoms with E-state index < -0.39 is 0 Å². The predicted octanol–water partition coefficient (Wildman–Crippen LogP) is 4.04. The first-order valence-electron chi connectivity index (χ1n) is 9.60. The lowest BCUT2D eigenvalue weighted by Gasteiger charge is -2.28. The lowest BCUT2D eigenvalue weighted by atomic mass is 9.93. The number of nitrogens with zero attached hydrogens (tertiary/aromatic N) is 4. The molecule has 0 radical (unpaired) electrons. The van der Waals surface area contributed by atoms with E-state index in [2.05, 4.69) is 54.3 Å². The van der Waals surface area contributed by atoms with E-state index in [0.29, 0.717) is 5.25 Å². The number of aliphatic imine (C=N–C) groups is 1. The van der Waals surface area contributed by atoms with Crippen LogP contribution < -0.4 is 0 Å². The van der Waals surface area contributed by atoms with Gasteiger partial charge in [-0.2, -0.15) is 0 Å². The van der Waals surface area contributed by atoms with Gasteiger partial charge in [-0.25, -0.2) is 0 Å². The molecule has 0 unspecified atom stereocenters. The topological polar surface area (TPSA) is 42.6 Å². The van der Waals surface area contributed by atoms with Crippen molar-refractivity contribution in [2.45, 2.75) is 51.6 Å². The molecule has 0 N–H and O–H groups in total. The number of hydrogen-bond donors (Lipinski definition) is 0. The average molecular weight is 385 g/mol. The van der Waals surface area contributed by atoms with Gasteiger partial charge in [0, 0.05) is 48.6 Å². The fraction of sp³-hybridized carbons (Fsp3) is 0.524. The molecule has 0 saturated carbocycles. The summed E-state index contributed by atoms with van der Waals surface area (Å²) in [5.41, 5.74) is 6.49. The number of pyridine rings is 1. The molecule has 3 atom stereocenters. The van der Waals surface area contributed by atoms with Gasteiger partial charge in [-0.15, -0.1) is 0 Å². The Labute approximate surface area is 165 Å². The van der Waals surface area contributed by atoms with E-state index in [0.717, 1.165) is 25.4 Å². The van der Waals surface area contributed by atoms with Crippen molar-refractivity contribution in [3.63, 3.8) is 0 Å². The summed E-state index contributed by atoms with van der Waals surface area (Å²) in [4.78, 5) is 12.3. The van der Waals surface area contributed by atoms with Gasteiger partial charge in [0.2, 0.25) is 0 Å². The summed E-state index contributed by atoms with van der Waals surface area (Å²) in [7, 11) is 1.76. The van der Waals surface area contributed by atoms with Crippen molar-refractivity contribution in [1.82, 2.24) is 14.5 Å². The molecule has 0 aliphatic carbocycles. The molecule has 144 valence electrons. The summed E-state index contributed by atoms with van der Waals surface area (Å²) in [6.45, 7) is 11.6. The van der Waals surface area contributed by atoms with Gasteiger partial charge in [0.1, 0.15) is 6.04 Å². The van der Waals surface area contributed by atoms with Crippen LogP contribution in [0.5, 0.6) is 0 Å². The van der Waals surface area contributed by atoms with Crippen LogP contribution in [0.1, 0.15) is 47.2 Å². The van der Waals surface area contributed by atoms with Gasteiger partial charge in [0.25, 0.3) is 0 Å². The highest BCUT2D eigenvalue weighted by Gasteiger charge is 2.45. The van der Waals surface area contributed by atoms with Crippen molar-refractivity contribution in [3.05, 3.63) is 52.6 Å². The van der Waals surface area contributed by atoms with E-state index in [9.17, 15) is 0 Å². The molecule has 0 spiro atoms. The second-order valence-corrected chi connectivity index (χ2v) is 8.90. The highest BCUT2D eigenvalue weighted by molar-refractivity contribution is 8.14. The van der Waals surface area contributed by atoms with Crippen LogP contribution >= 0.6 is 11.8 Å². The fourth-order valence-electron chi connectivity index (χ4n) is 4.45. The molecular formula is C21H28N4OS. The predicted molar refractivity (Wildman–Crippen MR) is 111 cm³/mol. The van der Waals surface area contributed by atoms with Crippen LogP contribution in [0.25, 0.3) is 0 Å². The Balaban J connectivity index is 1.81. The molecule has 2 aliphatic heterocycles. The summed E-state index contributed by atoms with van der Waals surface area (Å²) in [6.07, 6.45) is 1.88. The number of ether oxygens (including phenoxy) is 1. The van der Waals surface area contributed by atoms with Crippen molar-refractivity contribution in [2.24, 2.45) is 4.99 Å². The van der Waals surface area contributed by atoms with Crippen molar-refractivity contribution < 1.29 is 4.74 Å². The molecule has 6 heteroatoms. The average Bonchev–Trinajstić information content (AvgIpc) is 3.25. The van der Waals surface area contributed by atoms with Crippen LogP contribution in [-0.2, 0) is 11.3 Å². The van der Waals surface area contributed by atoms with Crippen LogP contribution in [0.2, 0.25) is 0 Å². The van der Waals surface area contributed by atoms with Crippen LogP contribution in [0.3, 0.4) is 0 Å². The van der Waals surface area contributed by atoms with E-state index in [-0.39, 0.29) is 12.1 Å². The molecule has 1 saturated heterocycles. The molecule has 2 aromatic heterocycles. The minimum absolute atomic E-state index is 0.0521. The Morgan fingerprint density at radius 2 is 2.04 bits per heavy atom. The second kappa shape index (κ2) is 7.32. The minimum Gasteiger partial charge on any atom is -0.383 e. The summed E-state index contributed by atoms with van der Waals surface area (Å²) < 4.78 is 7.73. The number of methoxy groups -OCH3 is 1. The maximum Gasteiger partial charge on any atom is 0.160 e. The Bertz CT molecular complexity index is 861. The van der Waals surface area contributed by atoms with Crippen molar-refractivity contribution >= 4 is 16.9 Å². The number of hydrogen-bond acceptors (Lipinski definition) is 5. The summed E-state index contributed by atoms with van der Waals surface area (Å²) in [5, 5.41) is 1.75. The molecule has 5 nitrogen and oxygen atoms in total. The lowest BCUT2D eigenvalue weighted by Crippen LogP contribution is -2.29. The van der Waals surface area contributed by atoms with Crippen LogP contribution in [-0.4, -0.2) is 45.1 Å². The highest BCUT2D eigenvalue weighted by Crippen LogP contribution is 2.49. The lowest BCUT2D eigenvalue weighted by molar-refractivity contribution is 0.186. The normalized spacial score (nSPS) is 24.4. The zero-order valence-corrected chi connectivity index (χ0v) is 17.6. The molecule has 4 rings (SSSR count). The van der Waals surface area contributed by atoms with Gasteiger partial charge in [-0.3, -0.25) is 9.98 Å². The zero-order valence-electron chi connectivity index (χ0n) is 16.8. The maximum absolute atomic E-state index is 5.34. The van der Waals surface area contributed by atoms with Gasteiger partial charge < -0.3 is 14.2 Å². The largest absolute Gasteiger partial charge is 0.383 e. The van der Waals surface area contributed by atoms with Gasteiger partial charge in [0.15, 0.2) is 5.17 Å². The molecule has 1 fully saturated rings. The van der Waals surface area contributed by atoms with Gasteiger partial charge in [-0.05, 0) is 38.5 Å². The van der Waals surface area contributed by atoms with Gasteiger partial charge in [-0.1, -0.05) is 24.8 Å². The molecule has 2 aliphatic rings. The number of rotatable bonds is 5. The summed E-state index contributed by atoms with van der Waals surface area (Å²) in [5.74, 6) is 0. The molecule has 27 heavy (non-hydrogen) atoms. The van der Waals surface area contributed by atoms with E-state index in [1.54, 1.807) is 7.11 Å². The highest BCUT2D eigenvalue weighted by atomic mass is 32.2. The molecule has 0 amide bonds. The summed E-state index contributed by atoms with van der Waals surface area (Å²) in [6, 6.07) is 6.41. The zero-order chi connectivity index (χ0) is 19.1. The quantitative estimate of drug-likeness (QED) is 0.780. The number of amidine groups is 1. The molecule has 0 aromatic carbocycles. The first-order valence-corrected chi connectivity index (χ1v) is 10.5. The van der Waals surface area contributed by atoms with E-state index in [4.69, 9.17) is 9.73 Å². The third-order valence-corrected chi connectivity index (χ3v) is 6.94. The standard InChI is InChI=1S/C21H28N4OS/c1-13-12-25-20(18-14(2)15(3)24(16(18)4)10-11-26-5)19(23-21(25)27-13)17-8-6-7-9-22-17/h6-9,13,19-20H,10-12H2,1-5H3/t13-,19-,20-/m1/s1. The Morgan fingerprint density at radius 1 is 1.22 bits per heavy atom. The third-order valence-electron chi connectivity index (χ3n) is 5.84. The smallest absolute Gasteiger partial charge is 0.160 e. The van der Waals surface area contributed by atoms with Crippen LogP contribution in [0.15, 0.2) is 29.4 Å². The second-order valence-electron chi connectivity index (χ2n) is 7.49. The first-order chi connectivity index (χ1) is 13.0. The Kier molecular flexibility index (Phi) is 5.03. The molecule has 0 bridgehead atoms. The SMILES string of the molecule is COCCn1c(C)c(C)c([C@@H]2[C@@H](c3ccccn3)N=C3S[C@H](C)CN32)c1C. The van der Waals surface area contributed by atoms with Crippen molar-refractivity contribution in [2.75, 3.05) is 20.3 Å². The number of fused-ring (bicyclic) bond motifs is 1. The maximum atomic E-state index is 5.34. The minimum atomic E-state index is 0.0521. The number of thioether (sulfide) groups is 1. The Morgan fingerprint density at radius 3 is 2.74 bits per heavy atom. The van der Waals surface area contributed by atoms with Crippen molar-refractivity contribution in [3.8, 4) is 0 Å². The van der Waals surface area contributed by atoms with Crippen LogP contribution in [0, 0.1) is 20.8 Å². The Hall–Kier alpha value is -1.79. The van der Waals surface area contributed by atoms with Crippen molar-refractivity contribution in [1.29, 1.82) is 0 Å².